The number of carbonyl (C=O) groups is 1. The van der Waals surface area contributed by atoms with Crippen LogP contribution in [0.2, 0.25) is 0 Å². The molecular weight excluding hydrogens is 206 g/mol. The topological polar surface area (TPSA) is 49.8 Å². The molecule has 1 N–H and O–H groups in total. The van der Waals surface area contributed by atoms with Gasteiger partial charge in [0.05, 0.1) is 6.61 Å². The molecule has 2 aliphatic rings. The van der Waals surface area contributed by atoms with E-state index in [9.17, 15) is 9.90 Å². The first-order valence-corrected chi connectivity index (χ1v) is 5.96. The Hall–Kier alpha value is -0.770. The zero-order chi connectivity index (χ0) is 12.0. The number of aliphatic hydroxyl groups excluding tert-OH is 1. The molecule has 92 valence electrons. The molecule has 0 spiro atoms. The molecule has 4 heteroatoms. The van der Waals surface area contributed by atoms with Crippen LogP contribution in [0.5, 0.6) is 0 Å². The van der Waals surface area contributed by atoms with Gasteiger partial charge < -0.3 is 14.7 Å². The lowest BCUT2D eigenvalue weighted by molar-refractivity contribution is 0.0127. The van der Waals surface area contributed by atoms with Crippen LogP contribution in [0, 0.1) is 5.41 Å². The summed E-state index contributed by atoms with van der Waals surface area (Å²) in [6.45, 7) is 6.47. The molecule has 0 unspecified atom stereocenters. The number of nitrogens with zero attached hydrogens (tertiary/aromatic N) is 1. The lowest BCUT2D eigenvalue weighted by Crippen LogP contribution is -2.43. The van der Waals surface area contributed by atoms with E-state index in [4.69, 9.17) is 4.74 Å². The van der Waals surface area contributed by atoms with E-state index in [1.54, 1.807) is 4.90 Å². The number of piperidine rings is 1. The molecule has 1 heterocycles. The van der Waals surface area contributed by atoms with Gasteiger partial charge in [0.15, 0.2) is 0 Å². The summed E-state index contributed by atoms with van der Waals surface area (Å²) in [7, 11) is 0. The minimum Gasteiger partial charge on any atom is -0.444 e. The maximum atomic E-state index is 11.9. The van der Waals surface area contributed by atoms with Gasteiger partial charge in [-0.1, -0.05) is 0 Å². The molecule has 0 radical (unpaired) electrons. The minimum atomic E-state index is -0.439. The Morgan fingerprint density at radius 1 is 1.56 bits per heavy atom. The van der Waals surface area contributed by atoms with Crippen molar-refractivity contribution in [3.8, 4) is 0 Å². The molecule has 4 nitrogen and oxygen atoms in total. The number of likely N-dealkylation sites (tertiary alicyclic amines) is 1. The van der Waals surface area contributed by atoms with Crippen LogP contribution < -0.4 is 0 Å². The highest BCUT2D eigenvalue weighted by Crippen LogP contribution is 2.47. The number of rotatable bonds is 1. The highest BCUT2D eigenvalue weighted by molar-refractivity contribution is 5.69. The average molecular weight is 227 g/mol. The van der Waals surface area contributed by atoms with Crippen LogP contribution >= 0.6 is 0 Å². The first kappa shape index (κ1) is 11.7. The second-order valence-electron chi connectivity index (χ2n) is 6.16. The quantitative estimate of drug-likeness (QED) is 0.742. The van der Waals surface area contributed by atoms with E-state index in [1.807, 2.05) is 20.8 Å². The molecule has 1 aliphatic carbocycles. The van der Waals surface area contributed by atoms with Crippen molar-refractivity contribution in [3.63, 3.8) is 0 Å². The maximum Gasteiger partial charge on any atom is 0.410 e. The van der Waals surface area contributed by atoms with E-state index in [0.717, 1.165) is 19.3 Å². The van der Waals surface area contributed by atoms with Crippen molar-refractivity contribution in [2.45, 2.75) is 51.7 Å². The summed E-state index contributed by atoms with van der Waals surface area (Å²) < 4.78 is 5.37. The summed E-state index contributed by atoms with van der Waals surface area (Å²) in [5.74, 6) is 0. The molecule has 1 saturated heterocycles. The van der Waals surface area contributed by atoms with Crippen molar-refractivity contribution < 1.29 is 14.6 Å². The van der Waals surface area contributed by atoms with Crippen molar-refractivity contribution in [2.75, 3.05) is 13.2 Å². The zero-order valence-corrected chi connectivity index (χ0v) is 10.3. The molecule has 1 aliphatic heterocycles. The second-order valence-corrected chi connectivity index (χ2v) is 6.16. The minimum absolute atomic E-state index is 0.0401. The Bertz CT molecular complexity index is 297. The second kappa shape index (κ2) is 3.62. The maximum absolute atomic E-state index is 11.9. The third-order valence-corrected chi connectivity index (χ3v) is 3.59. The fourth-order valence-electron chi connectivity index (χ4n) is 2.80. The van der Waals surface area contributed by atoms with Gasteiger partial charge in [-0.3, -0.25) is 0 Å². The van der Waals surface area contributed by atoms with E-state index >= 15 is 0 Å². The molecule has 2 rings (SSSR count). The first-order chi connectivity index (χ1) is 7.35. The molecule has 1 amide bonds. The molecule has 16 heavy (non-hydrogen) atoms. The van der Waals surface area contributed by atoms with Gasteiger partial charge in [0.2, 0.25) is 0 Å². The van der Waals surface area contributed by atoms with Crippen LogP contribution in [-0.2, 0) is 4.74 Å². The largest absolute Gasteiger partial charge is 0.444 e. The summed E-state index contributed by atoms with van der Waals surface area (Å²) in [5.41, 5.74) is -0.479. The highest BCUT2D eigenvalue weighted by atomic mass is 16.6. The van der Waals surface area contributed by atoms with Gasteiger partial charge in [0.25, 0.3) is 0 Å². The van der Waals surface area contributed by atoms with Gasteiger partial charge in [-0.05, 0) is 40.0 Å². The SMILES string of the molecule is CC(C)(C)OC(=O)N1C[C@]2(CO)CC[C@H]1C2. The Labute approximate surface area is 96.6 Å². The van der Waals surface area contributed by atoms with E-state index < -0.39 is 5.60 Å². The molecule has 0 aromatic carbocycles. The van der Waals surface area contributed by atoms with Crippen molar-refractivity contribution in [3.05, 3.63) is 0 Å². The van der Waals surface area contributed by atoms with E-state index in [0.29, 0.717) is 6.54 Å². The normalized spacial score (nSPS) is 33.2. The van der Waals surface area contributed by atoms with Crippen molar-refractivity contribution >= 4 is 6.09 Å². The first-order valence-electron chi connectivity index (χ1n) is 5.96. The number of amides is 1. The predicted molar refractivity (Wildman–Crippen MR) is 60.1 cm³/mol. The summed E-state index contributed by atoms with van der Waals surface area (Å²) in [5, 5.41) is 9.40. The average Bonchev–Trinajstić information content (AvgIpc) is 2.72. The van der Waals surface area contributed by atoms with Gasteiger partial charge in [0, 0.05) is 18.0 Å². The smallest absolute Gasteiger partial charge is 0.410 e. The van der Waals surface area contributed by atoms with Crippen LogP contribution in [0.15, 0.2) is 0 Å². The monoisotopic (exact) mass is 227 g/mol. The van der Waals surface area contributed by atoms with Crippen LogP contribution in [0.1, 0.15) is 40.0 Å². The third-order valence-electron chi connectivity index (χ3n) is 3.59. The van der Waals surface area contributed by atoms with Crippen LogP contribution in [-0.4, -0.2) is 40.9 Å². The molecule has 2 atom stereocenters. The van der Waals surface area contributed by atoms with Gasteiger partial charge in [-0.25, -0.2) is 4.79 Å². The Morgan fingerprint density at radius 2 is 2.25 bits per heavy atom. The van der Waals surface area contributed by atoms with E-state index in [2.05, 4.69) is 0 Å². The third kappa shape index (κ3) is 2.03. The van der Waals surface area contributed by atoms with E-state index in [-0.39, 0.29) is 24.2 Å². The van der Waals surface area contributed by atoms with E-state index in [1.165, 1.54) is 0 Å². The number of ether oxygens (including phenoxy) is 1. The van der Waals surface area contributed by atoms with Crippen molar-refractivity contribution in [2.24, 2.45) is 5.41 Å². The summed E-state index contributed by atoms with van der Waals surface area (Å²) in [6, 6.07) is 0.280. The molecule has 1 saturated carbocycles. The highest BCUT2D eigenvalue weighted by Gasteiger charge is 2.51. The zero-order valence-electron chi connectivity index (χ0n) is 10.3. The summed E-state index contributed by atoms with van der Waals surface area (Å²) in [6.07, 6.45) is 2.74. The van der Waals surface area contributed by atoms with Crippen LogP contribution in [0.4, 0.5) is 4.79 Å². The van der Waals surface area contributed by atoms with Crippen LogP contribution in [0.3, 0.4) is 0 Å². The standard InChI is InChI=1S/C12H21NO3/c1-11(2,3)16-10(15)13-7-12(8-14)5-4-9(13)6-12/h9,14H,4-8H2,1-3H3/t9-,12-/m0/s1. The Morgan fingerprint density at radius 3 is 2.75 bits per heavy atom. The number of hydrogen-bond donors (Lipinski definition) is 1. The number of hydrogen-bond acceptors (Lipinski definition) is 3. The van der Waals surface area contributed by atoms with Gasteiger partial charge in [-0.15, -0.1) is 0 Å². The predicted octanol–water partition coefficient (Wildman–Crippen LogP) is 1.77. The summed E-state index contributed by atoms with van der Waals surface area (Å²) in [4.78, 5) is 13.7. The molecular formula is C12H21NO3. The van der Waals surface area contributed by atoms with Gasteiger partial charge >= 0.3 is 6.09 Å². The molecule has 0 aromatic rings. The van der Waals surface area contributed by atoms with Crippen molar-refractivity contribution in [1.82, 2.24) is 4.90 Å². The Kier molecular flexibility index (Phi) is 2.65. The number of carbonyl (C=O) groups excluding carboxylic acids is 1. The summed E-state index contributed by atoms with van der Waals surface area (Å²) >= 11 is 0. The molecule has 0 aromatic heterocycles. The molecule has 2 bridgehead atoms. The Balaban J connectivity index is 2.01. The fraction of sp³-hybridized carbons (Fsp3) is 0.917. The lowest BCUT2D eigenvalue weighted by atomic mass is 9.89. The van der Waals surface area contributed by atoms with Crippen molar-refractivity contribution in [1.29, 1.82) is 0 Å². The number of aliphatic hydroxyl groups is 1. The van der Waals surface area contributed by atoms with Gasteiger partial charge in [0.1, 0.15) is 5.60 Å². The lowest BCUT2D eigenvalue weighted by Gasteiger charge is -2.33. The number of fused-ring (bicyclic) bond motifs is 2. The fourth-order valence-corrected chi connectivity index (χ4v) is 2.80. The molecule has 2 fully saturated rings. The van der Waals surface area contributed by atoms with Gasteiger partial charge in [-0.2, -0.15) is 0 Å². The van der Waals surface area contributed by atoms with Crippen LogP contribution in [0.25, 0.3) is 0 Å².